The maximum atomic E-state index is 12.2. The van der Waals surface area contributed by atoms with Crippen molar-refractivity contribution in [3.63, 3.8) is 0 Å². The molecule has 3 rings (SSSR count). The Morgan fingerprint density at radius 3 is 2.86 bits per heavy atom. The lowest BCUT2D eigenvalue weighted by Crippen LogP contribution is -2.32. The van der Waals surface area contributed by atoms with Crippen LogP contribution in [0.5, 0.6) is 11.5 Å². The Morgan fingerprint density at radius 2 is 2.05 bits per heavy atom. The van der Waals surface area contributed by atoms with Gasteiger partial charge in [0.1, 0.15) is 13.2 Å². The summed E-state index contributed by atoms with van der Waals surface area (Å²) in [7, 11) is 0. The molecule has 0 spiro atoms. The lowest BCUT2D eigenvalue weighted by molar-refractivity contribution is 0.0942. The summed E-state index contributed by atoms with van der Waals surface area (Å²) in [5, 5.41) is 3.26. The normalized spacial score (nSPS) is 24.4. The van der Waals surface area contributed by atoms with Crippen LogP contribution in [0.25, 0.3) is 0 Å². The molecular formula is C16H20ClNO3. The van der Waals surface area contributed by atoms with Gasteiger partial charge in [-0.15, -0.1) is 11.6 Å². The van der Waals surface area contributed by atoms with E-state index in [-0.39, 0.29) is 11.3 Å². The van der Waals surface area contributed by atoms with Crippen molar-refractivity contribution in [1.82, 2.24) is 5.32 Å². The fourth-order valence-electron chi connectivity index (χ4n) is 2.93. The molecule has 0 saturated heterocycles. The zero-order chi connectivity index (χ0) is 14.7. The van der Waals surface area contributed by atoms with Crippen LogP contribution < -0.4 is 14.8 Å². The number of hydrogen-bond acceptors (Lipinski definition) is 3. The van der Waals surface area contributed by atoms with E-state index in [4.69, 9.17) is 21.1 Å². The molecule has 0 aromatic heterocycles. The van der Waals surface area contributed by atoms with Crippen molar-refractivity contribution in [2.75, 3.05) is 19.8 Å². The summed E-state index contributed by atoms with van der Waals surface area (Å²) in [5.41, 5.74) is 0.609. The molecule has 1 aliphatic heterocycles. The van der Waals surface area contributed by atoms with Crippen molar-refractivity contribution < 1.29 is 14.3 Å². The van der Waals surface area contributed by atoms with Crippen LogP contribution in [-0.2, 0) is 0 Å². The van der Waals surface area contributed by atoms with Crippen molar-refractivity contribution in [3.8, 4) is 11.5 Å². The van der Waals surface area contributed by atoms with Crippen molar-refractivity contribution >= 4 is 17.5 Å². The number of nitrogens with one attached hydrogen (secondary N) is 1. The number of hydrogen-bond donors (Lipinski definition) is 1. The molecule has 1 N–H and O–H groups in total. The summed E-state index contributed by atoms with van der Waals surface area (Å²) < 4.78 is 11.0. The predicted octanol–water partition coefficient (Wildman–Crippen LogP) is 2.99. The van der Waals surface area contributed by atoms with Crippen LogP contribution in [0.2, 0.25) is 0 Å². The van der Waals surface area contributed by atoms with E-state index in [2.05, 4.69) is 5.32 Å². The van der Waals surface area contributed by atoms with Gasteiger partial charge in [0.05, 0.1) is 0 Å². The molecular weight excluding hydrogens is 290 g/mol. The number of alkyl halides is 1. The van der Waals surface area contributed by atoms with Crippen molar-refractivity contribution in [1.29, 1.82) is 0 Å². The first-order valence-corrected chi connectivity index (χ1v) is 7.98. The van der Waals surface area contributed by atoms with E-state index in [0.29, 0.717) is 42.7 Å². The minimum atomic E-state index is -0.0660. The zero-order valence-electron chi connectivity index (χ0n) is 11.9. The smallest absolute Gasteiger partial charge is 0.251 e. The molecule has 2 unspecified atom stereocenters. The molecule has 2 aliphatic rings. The number of benzene rings is 1. The highest BCUT2D eigenvalue weighted by Crippen LogP contribution is 2.31. The first kappa shape index (κ1) is 14.5. The maximum absolute atomic E-state index is 12.2. The average Bonchev–Trinajstić information content (AvgIpc) is 2.52. The van der Waals surface area contributed by atoms with Crippen LogP contribution in [0.3, 0.4) is 0 Å². The minimum absolute atomic E-state index is 0.0660. The summed E-state index contributed by atoms with van der Waals surface area (Å²) in [5.74, 6) is 1.77. The Morgan fingerprint density at radius 1 is 1.24 bits per heavy atom. The van der Waals surface area contributed by atoms with E-state index < -0.39 is 0 Å². The molecule has 114 valence electrons. The number of rotatable bonds is 3. The predicted molar refractivity (Wildman–Crippen MR) is 81.4 cm³/mol. The Labute approximate surface area is 129 Å². The van der Waals surface area contributed by atoms with Crippen LogP contribution in [0.4, 0.5) is 0 Å². The van der Waals surface area contributed by atoms with Gasteiger partial charge in [0.2, 0.25) is 0 Å². The molecule has 1 fully saturated rings. The van der Waals surface area contributed by atoms with Crippen molar-refractivity contribution in [2.24, 2.45) is 5.92 Å². The van der Waals surface area contributed by atoms with E-state index in [0.717, 1.165) is 25.7 Å². The van der Waals surface area contributed by atoms with Gasteiger partial charge in [-0.05, 0) is 43.4 Å². The molecule has 4 nitrogen and oxygen atoms in total. The molecule has 1 aliphatic carbocycles. The fraction of sp³-hybridized carbons (Fsp3) is 0.562. The third-order valence-corrected chi connectivity index (χ3v) is 4.47. The summed E-state index contributed by atoms with van der Waals surface area (Å²) in [4.78, 5) is 12.2. The number of halogens is 1. The van der Waals surface area contributed by atoms with Gasteiger partial charge >= 0.3 is 0 Å². The molecule has 5 heteroatoms. The van der Waals surface area contributed by atoms with Crippen LogP contribution in [0.15, 0.2) is 18.2 Å². The molecule has 1 aromatic carbocycles. The Bertz CT molecular complexity index is 520. The lowest BCUT2D eigenvalue weighted by Gasteiger charge is -2.25. The van der Waals surface area contributed by atoms with E-state index in [9.17, 15) is 4.79 Å². The van der Waals surface area contributed by atoms with E-state index >= 15 is 0 Å². The Kier molecular flexibility index (Phi) is 4.54. The van der Waals surface area contributed by atoms with Gasteiger partial charge in [-0.3, -0.25) is 4.79 Å². The summed E-state index contributed by atoms with van der Waals surface area (Å²) in [6.45, 7) is 1.77. The van der Waals surface area contributed by atoms with Crippen molar-refractivity contribution in [3.05, 3.63) is 23.8 Å². The third-order valence-electron chi connectivity index (χ3n) is 4.07. The van der Waals surface area contributed by atoms with E-state index in [1.807, 2.05) is 0 Å². The molecule has 1 amide bonds. The fourth-order valence-corrected chi connectivity index (χ4v) is 3.34. The van der Waals surface area contributed by atoms with Crippen molar-refractivity contribution in [2.45, 2.75) is 31.1 Å². The maximum Gasteiger partial charge on any atom is 0.251 e. The van der Waals surface area contributed by atoms with Gasteiger partial charge in [-0.1, -0.05) is 6.42 Å². The second-order valence-corrected chi connectivity index (χ2v) is 6.32. The first-order valence-electron chi connectivity index (χ1n) is 7.54. The quantitative estimate of drug-likeness (QED) is 0.873. The van der Waals surface area contributed by atoms with Crippen LogP contribution in [-0.4, -0.2) is 31.0 Å². The number of carbonyl (C=O) groups excluding carboxylic acids is 1. The molecule has 1 saturated carbocycles. The number of ether oxygens (including phenoxy) is 2. The molecule has 2 atom stereocenters. The highest BCUT2D eigenvalue weighted by atomic mass is 35.5. The van der Waals surface area contributed by atoms with Crippen LogP contribution in [0, 0.1) is 5.92 Å². The molecule has 1 aromatic rings. The van der Waals surface area contributed by atoms with Crippen LogP contribution in [0.1, 0.15) is 36.0 Å². The summed E-state index contributed by atoms with van der Waals surface area (Å²) in [6, 6.07) is 5.31. The van der Waals surface area contributed by atoms with Gasteiger partial charge in [-0.2, -0.15) is 0 Å². The van der Waals surface area contributed by atoms with Gasteiger partial charge in [0, 0.05) is 17.5 Å². The number of carbonyl (C=O) groups is 1. The Hall–Kier alpha value is -1.42. The van der Waals surface area contributed by atoms with Crippen LogP contribution >= 0.6 is 11.6 Å². The highest BCUT2D eigenvalue weighted by molar-refractivity contribution is 6.20. The van der Waals surface area contributed by atoms with Gasteiger partial charge in [0.25, 0.3) is 5.91 Å². The van der Waals surface area contributed by atoms with E-state index in [1.54, 1.807) is 18.2 Å². The first-order chi connectivity index (χ1) is 10.2. The molecule has 21 heavy (non-hydrogen) atoms. The second-order valence-electron chi connectivity index (χ2n) is 5.70. The molecule has 0 bridgehead atoms. The summed E-state index contributed by atoms with van der Waals surface area (Å²) >= 11 is 6.18. The largest absolute Gasteiger partial charge is 0.486 e. The van der Waals surface area contributed by atoms with E-state index in [1.165, 1.54) is 0 Å². The average molecular weight is 310 g/mol. The number of fused-ring (bicyclic) bond motifs is 1. The second kappa shape index (κ2) is 6.56. The SMILES string of the molecule is O=C(NCC1CCCC(Cl)C1)c1ccc2c(c1)OCCO2. The van der Waals surface area contributed by atoms with Gasteiger partial charge in [-0.25, -0.2) is 0 Å². The Balaban J connectivity index is 1.57. The summed E-state index contributed by atoms with van der Waals surface area (Å²) in [6.07, 6.45) is 4.38. The minimum Gasteiger partial charge on any atom is -0.486 e. The number of amides is 1. The standard InChI is InChI=1S/C16H20ClNO3/c17-13-3-1-2-11(8-13)10-18-16(19)12-4-5-14-15(9-12)21-7-6-20-14/h4-5,9,11,13H,1-3,6-8,10H2,(H,18,19). The monoisotopic (exact) mass is 309 g/mol. The van der Waals surface area contributed by atoms with Gasteiger partial charge < -0.3 is 14.8 Å². The van der Waals surface area contributed by atoms with Gasteiger partial charge in [0.15, 0.2) is 11.5 Å². The zero-order valence-corrected chi connectivity index (χ0v) is 12.7. The topological polar surface area (TPSA) is 47.6 Å². The molecule has 1 heterocycles. The highest BCUT2D eigenvalue weighted by Gasteiger charge is 2.21. The third kappa shape index (κ3) is 3.62. The molecule has 0 radical (unpaired) electrons. The lowest BCUT2D eigenvalue weighted by atomic mass is 9.89.